The van der Waals surface area contributed by atoms with Crippen LogP contribution in [0.15, 0.2) is 15.7 Å². The second-order valence-corrected chi connectivity index (χ2v) is 10.4. The second kappa shape index (κ2) is 7.02. The van der Waals surface area contributed by atoms with E-state index in [9.17, 15) is 9.59 Å². The summed E-state index contributed by atoms with van der Waals surface area (Å²) in [6.07, 6.45) is 3.74. The summed E-state index contributed by atoms with van der Waals surface area (Å²) < 4.78 is 17.5. The molecular weight excluding hydrogens is 401 g/mol. The number of nitrogens with two attached hydrogens (primary N) is 1. The molecule has 7 heteroatoms. The summed E-state index contributed by atoms with van der Waals surface area (Å²) >= 11 is 1.68. The molecule has 0 aromatic carbocycles. The van der Waals surface area contributed by atoms with Crippen molar-refractivity contribution in [1.82, 2.24) is 9.55 Å². The number of aryl methyl sites for hydroxylation is 1. The minimum atomic E-state index is -1.28. The lowest BCUT2D eigenvalue weighted by atomic mass is 9.81. The van der Waals surface area contributed by atoms with Crippen molar-refractivity contribution in [2.24, 2.45) is 5.73 Å². The molecule has 5 rings (SSSR count). The largest absolute Gasteiger partial charge is 0.329 e. The smallest absolute Gasteiger partial charge is 0.327 e. The van der Waals surface area contributed by atoms with Crippen LogP contribution >= 0.6 is 11.3 Å². The molecule has 0 amide bonds. The third-order valence-electron chi connectivity index (χ3n) is 7.12. The van der Waals surface area contributed by atoms with E-state index in [2.05, 4.69) is 11.1 Å². The van der Waals surface area contributed by atoms with Gasteiger partial charge >= 0.3 is 5.69 Å². The standard InChI is InChI=1S/C23H28FN3O2S/c1-10-19-21(27(13-7-8-13)23(29)26-22(19)28)11(2)18(20(10)24)17-9-15-14(12(3)25)5-4-6-16(15)30-17/h9,12-14,18,20H,4-8,25H2,1-3H3,(H,26,28,29). The molecule has 3 aliphatic rings. The quantitative estimate of drug-likeness (QED) is 0.785. The minimum Gasteiger partial charge on any atom is -0.327 e. The maximum Gasteiger partial charge on any atom is 0.329 e. The van der Waals surface area contributed by atoms with E-state index >= 15 is 4.39 Å². The highest BCUT2D eigenvalue weighted by Crippen LogP contribution is 2.45. The SMILES string of the molecule is CC1=c2c(=O)[nH]c(=O)n(C3CC3)c2=C(C)C(c2cc3c(s2)CCCC3C(C)N)C1F. The Labute approximate surface area is 178 Å². The fourth-order valence-corrected chi connectivity index (χ4v) is 6.87. The van der Waals surface area contributed by atoms with Gasteiger partial charge in [0.2, 0.25) is 0 Å². The third kappa shape index (κ3) is 2.89. The number of hydrogen-bond donors (Lipinski definition) is 2. The summed E-state index contributed by atoms with van der Waals surface area (Å²) in [6.45, 7) is 5.63. The lowest BCUT2D eigenvalue weighted by molar-refractivity contribution is 0.380. The summed E-state index contributed by atoms with van der Waals surface area (Å²) in [4.78, 5) is 30.0. The van der Waals surface area contributed by atoms with Crippen LogP contribution in [0.4, 0.5) is 4.39 Å². The molecule has 2 aromatic heterocycles. The number of H-pyrrole nitrogens is 1. The lowest BCUT2D eigenvalue weighted by Gasteiger charge is -2.27. The molecule has 0 spiro atoms. The molecule has 0 bridgehead atoms. The predicted molar refractivity (Wildman–Crippen MR) is 118 cm³/mol. The Hall–Kier alpha value is -1.99. The topological polar surface area (TPSA) is 80.9 Å². The number of fused-ring (bicyclic) bond motifs is 2. The van der Waals surface area contributed by atoms with Crippen molar-refractivity contribution in [1.29, 1.82) is 0 Å². The Kier molecular flexibility index (Phi) is 4.67. The van der Waals surface area contributed by atoms with E-state index in [1.165, 1.54) is 10.4 Å². The highest BCUT2D eigenvalue weighted by Gasteiger charge is 2.37. The number of alkyl halides is 1. The molecule has 4 atom stereocenters. The van der Waals surface area contributed by atoms with E-state index in [1.54, 1.807) is 22.8 Å². The average Bonchev–Trinajstić information content (AvgIpc) is 3.43. The maximum atomic E-state index is 15.8. The van der Waals surface area contributed by atoms with Crippen LogP contribution < -0.4 is 27.6 Å². The predicted octanol–water partition coefficient (Wildman–Crippen LogP) is 2.18. The number of rotatable bonds is 3. The van der Waals surface area contributed by atoms with E-state index in [1.807, 2.05) is 13.8 Å². The molecule has 3 aliphatic carbocycles. The van der Waals surface area contributed by atoms with Crippen molar-refractivity contribution in [2.75, 3.05) is 0 Å². The van der Waals surface area contributed by atoms with Gasteiger partial charge in [-0.25, -0.2) is 9.18 Å². The number of thiophene rings is 1. The van der Waals surface area contributed by atoms with Gasteiger partial charge in [-0.2, -0.15) is 0 Å². The first-order valence-corrected chi connectivity index (χ1v) is 11.7. The molecule has 30 heavy (non-hydrogen) atoms. The van der Waals surface area contributed by atoms with E-state index < -0.39 is 17.6 Å². The Morgan fingerprint density at radius 2 is 1.97 bits per heavy atom. The number of hydrogen-bond acceptors (Lipinski definition) is 4. The molecule has 5 nitrogen and oxygen atoms in total. The normalized spacial score (nSPS) is 27.0. The van der Waals surface area contributed by atoms with Crippen LogP contribution in [0.3, 0.4) is 0 Å². The Bertz CT molecular complexity index is 1260. The average molecular weight is 430 g/mol. The van der Waals surface area contributed by atoms with Gasteiger partial charge in [0.05, 0.1) is 16.5 Å². The number of nitrogens with zero attached hydrogens (tertiary/aromatic N) is 1. The van der Waals surface area contributed by atoms with E-state index in [0.29, 0.717) is 22.1 Å². The van der Waals surface area contributed by atoms with Crippen LogP contribution in [0.1, 0.15) is 79.6 Å². The molecule has 0 aliphatic heterocycles. The zero-order valence-electron chi connectivity index (χ0n) is 17.6. The summed E-state index contributed by atoms with van der Waals surface area (Å²) in [7, 11) is 0. The summed E-state index contributed by atoms with van der Waals surface area (Å²) in [5.74, 6) is -0.154. The summed E-state index contributed by atoms with van der Waals surface area (Å²) in [5.41, 5.74) is 7.86. The van der Waals surface area contributed by atoms with Gasteiger partial charge in [0.25, 0.3) is 5.56 Å². The van der Waals surface area contributed by atoms with Gasteiger partial charge in [0, 0.05) is 21.8 Å². The van der Waals surface area contributed by atoms with Gasteiger partial charge in [-0.05, 0) is 81.6 Å². The third-order valence-corrected chi connectivity index (χ3v) is 8.41. The van der Waals surface area contributed by atoms with E-state index in [4.69, 9.17) is 5.73 Å². The first kappa shape index (κ1) is 19.9. The van der Waals surface area contributed by atoms with Crippen LogP contribution in [0, 0.1) is 0 Å². The van der Waals surface area contributed by atoms with Gasteiger partial charge in [0.15, 0.2) is 0 Å². The Morgan fingerprint density at radius 1 is 1.23 bits per heavy atom. The molecule has 2 heterocycles. The van der Waals surface area contributed by atoms with Gasteiger partial charge in [-0.1, -0.05) is 0 Å². The van der Waals surface area contributed by atoms with Crippen LogP contribution in [0.5, 0.6) is 0 Å². The minimum absolute atomic E-state index is 0.0664. The van der Waals surface area contributed by atoms with Crippen LogP contribution in [-0.2, 0) is 6.42 Å². The summed E-state index contributed by atoms with van der Waals surface area (Å²) in [6, 6.07) is 2.32. The maximum absolute atomic E-state index is 15.8. The van der Waals surface area contributed by atoms with Crippen molar-refractivity contribution in [2.45, 2.75) is 83.0 Å². The molecule has 0 saturated heterocycles. The van der Waals surface area contributed by atoms with Gasteiger partial charge < -0.3 is 5.73 Å². The zero-order chi connectivity index (χ0) is 21.3. The molecule has 4 unspecified atom stereocenters. The molecule has 3 N–H and O–H groups in total. The van der Waals surface area contributed by atoms with Crippen molar-refractivity contribution in [3.05, 3.63) is 52.8 Å². The van der Waals surface area contributed by atoms with Crippen molar-refractivity contribution in [3.63, 3.8) is 0 Å². The summed E-state index contributed by atoms with van der Waals surface area (Å²) in [5, 5.41) is 0.982. The monoisotopic (exact) mass is 429 g/mol. The Balaban J connectivity index is 1.76. The van der Waals surface area contributed by atoms with Crippen molar-refractivity contribution >= 4 is 22.5 Å². The van der Waals surface area contributed by atoms with Crippen LogP contribution in [-0.4, -0.2) is 21.8 Å². The van der Waals surface area contributed by atoms with Crippen LogP contribution in [0.25, 0.3) is 11.1 Å². The number of aromatic nitrogens is 2. The van der Waals surface area contributed by atoms with Crippen LogP contribution in [0.2, 0.25) is 0 Å². The van der Waals surface area contributed by atoms with Crippen molar-refractivity contribution in [3.8, 4) is 0 Å². The van der Waals surface area contributed by atoms with Gasteiger partial charge in [-0.15, -0.1) is 11.3 Å². The zero-order valence-corrected chi connectivity index (χ0v) is 18.4. The van der Waals surface area contributed by atoms with Crippen molar-refractivity contribution < 1.29 is 4.39 Å². The molecule has 1 saturated carbocycles. The highest BCUT2D eigenvalue weighted by atomic mass is 32.1. The number of aromatic amines is 1. The molecule has 160 valence electrons. The van der Waals surface area contributed by atoms with E-state index in [0.717, 1.165) is 42.6 Å². The molecule has 2 aromatic rings. The first-order chi connectivity index (χ1) is 14.3. The fraction of sp³-hybridized carbons (Fsp3) is 0.565. The Morgan fingerprint density at radius 3 is 2.63 bits per heavy atom. The number of nitrogens with one attached hydrogen (secondary N) is 1. The van der Waals surface area contributed by atoms with E-state index in [-0.39, 0.29) is 17.8 Å². The van der Waals surface area contributed by atoms with Gasteiger partial charge in [0.1, 0.15) is 6.17 Å². The molecule has 1 fully saturated rings. The second-order valence-electron chi connectivity index (χ2n) is 9.21. The highest BCUT2D eigenvalue weighted by molar-refractivity contribution is 7.12. The lowest BCUT2D eigenvalue weighted by Crippen LogP contribution is -2.58. The van der Waals surface area contributed by atoms with Gasteiger partial charge in [-0.3, -0.25) is 14.3 Å². The molecule has 0 radical (unpaired) electrons. The first-order valence-electron chi connectivity index (χ1n) is 10.9. The number of halogens is 1. The fourth-order valence-electron chi connectivity index (χ4n) is 5.41. The molecular formula is C23H28FN3O2S.